The molecule has 2 aromatic rings. The Kier molecular flexibility index (Phi) is 5.00. The van der Waals surface area contributed by atoms with Crippen LogP contribution in [0.25, 0.3) is 0 Å². The average molecular weight is 266 g/mol. The van der Waals surface area contributed by atoms with Crippen molar-refractivity contribution in [3.05, 3.63) is 70.8 Å². The van der Waals surface area contributed by atoms with Crippen molar-refractivity contribution in [3.63, 3.8) is 0 Å². The van der Waals surface area contributed by atoms with Crippen molar-refractivity contribution >= 4 is 0 Å². The molecule has 0 saturated carbocycles. The van der Waals surface area contributed by atoms with Crippen LogP contribution < -0.4 is 0 Å². The summed E-state index contributed by atoms with van der Waals surface area (Å²) in [7, 11) is 0. The van der Waals surface area contributed by atoms with Gasteiger partial charge in [-0.3, -0.25) is 0 Å². The minimum Gasteiger partial charge on any atom is -0.0622 e. The van der Waals surface area contributed by atoms with E-state index in [2.05, 4.69) is 76.2 Å². The summed E-state index contributed by atoms with van der Waals surface area (Å²) in [5.74, 6) is 1.21. The second-order valence-electron chi connectivity index (χ2n) is 6.26. The van der Waals surface area contributed by atoms with Gasteiger partial charge in [0.05, 0.1) is 0 Å². The van der Waals surface area contributed by atoms with Crippen LogP contribution in [0.5, 0.6) is 0 Å². The lowest BCUT2D eigenvalue weighted by molar-refractivity contribution is 0.785. The number of aryl methyl sites for hydroxylation is 2. The van der Waals surface area contributed by atoms with Gasteiger partial charge in [0, 0.05) is 0 Å². The zero-order chi connectivity index (χ0) is 14.5. The molecule has 0 amide bonds. The quantitative estimate of drug-likeness (QED) is 0.649. The Labute approximate surface area is 123 Å². The van der Waals surface area contributed by atoms with Crippen molar-refractivity contribution in [2.45, 2.75) is 52.4 Å². The van der Waals surface area contributed by atoms with E-state index in [-0.39, 0.29) is 0 Å². The molecule has 0 nitrogen and oxygen atoms in total. The van der Waals surface area contributed by atoms with Crippen molar-refractivity contribution in [2.24, 2.45) is 0 Å². The fraction of sp³-hybridized carbons (Fsp3) is 0.400. The van der Waals surface area contributed by atoms with Crippen molar-refractivity contribution < 1.29 is 0 Å². The number of hydrogen-bond acceptors (Lipinski definition) is 0. The summed E-state index contributed by atoms with van der Waals surface area (Å²) in [6.07, 6.45) is 2.25. The summed E-state index contributed by atoms with van der Waals surface area (Å²) < 4.78 is 0. The molecule has 0 saturated heterocycles. The van der Waals surface area contributed by atoms with E-state index in [0.29, 0.717) is 11.8 Å². The number of benzene rings is 2. The highest BCUT2D eigenvalue weighted by atomic mass is 14.2. The minimum atomic E-state index is 0.601. The number of rotatable bonds is 5. The SMILES string of the molecule is CC(C)c1ccc(CCc2ccccc2)cc1C(C)C. The molecule has 20 heavy (non-hydrogen) atoms. The van der Waals surface area contributed by atoms with Gasteiger partial charge < -0.3 is 0 Å². The molecule has 0 radical (unpaired) electrons. The Bertz CT molecular complexity index is 535. The molecular weight excluding hydrogens is 240 g/mol. The van der Waals surface area contributed by atoms with Gasteiger partial charge >= 0.3 is 0 Å². The predicted octanol–water partition coefficient (Wildman–Crippen LogP) is 5.72. The average Bonchev–Trinajstić information content (AvgIpc) is 2.45. The van der Waals surface area contributed by atoms with Gasteiger partial charge in [0.2, 0.25) is 0 Å². The van der Waals surface area contributed by atoms with Crippen molar-refractivity contribution in [2.75, 3.05) is 0 Å². The van der Waals surface area contributed by atoms with Crippen LogP contribution in [0.1, 0.15) is 61.8 Å². The van der Waals surface area contributed by atoms with E-state index in [0.717, 1.165) is 12.8 Å². The fourth-order valence-electron chi connectivity index (χ4n) is 2.74. The van der Waals surface area contributed by atoms with Gasteiger partial charge in [-0.2, -0.15) is 0 Å². The van der Waals surface area contributed by atoms with E-state index in [1.165, 1.54) is 22.3 Å². The van der Waals surface area contributed by atoms with E-state index in [4.69, 9.17) is 0 Å². The Hall–Kier alpha value is -1.56. The van der Waals surface area contributed by atoms with Gasteiger partial charge in [0.1, 0.15) is 0 Å². The summed E-state index contributed by atoms with van der Waals surface area (Å²) in [6.45, 7) is 9.15. The highest BCUT2D eigenvalue weighted by molar-refractivity contribution is 5.36. The van der Waals surface area contributed by atoms with Gasteiger partial charge in [0.25, 0.3) is 0 Å². The summed E-state index contributed by atoms with van der Waals surface area (Å²) in [4.78, 5) is 0. The highest BCUT2D eigenvalue weighted by Gasteiger charge is 2.10. The molecule has 0 N–H and O–H groups in total. The van der Waals surface area contributed by atoms with Gasteiger partial charge in [0.15, 0.2) is 0 Å². The maximum Gasteiger partial charge on any atom is -0.0216 e. The van der Waals surface area contributed by atoms with Crippen LogP contribution >= 0.6 is 0 Å². The molecule has 0 aliphatic carbocycles. The van der Waals surface area contributed by atoms with Crippen molar-refractivity contribution in [1.82, 2.24) is 0 Å². The summed E-state index contributed by atoms with van der Waals surface area (Å²) >= 11 is 0. The first-order chi connectivity index (χ1) is 9.58. The smallest absolute Gasteiger partial charge is 0.0216 e. The second kappa shape index (κ2) is 6.74. The summed E-state index contributed by atoms with van der Waals surface area (Å²) in [5, 5.41) is 0. The zero-order valence-electron chi connectivity index (χ0n) is 13.2. The van der Waals surface area contributed by atoms with Crippen LogP contribution in [0.15, 0.2) is 48.5 Å². The maximum absolute atomic E-state index is 2.42. The van der Waals surface area contributed by atoms with Crippen LogP contribution in [0, 0.1) is 0 Å². The zero-order valence-corrected chi connectivity index (χ0v) is 13.2. The lowest BCUT2D eigenvalue weighted by atomic mass is 9.88. The van der Waals surface area contributed by atoms with Gasteiger partial charge in [-0.05, 0) is 46.9 Å². The Morgan fingerprint density at radius 2 is 1.25 bits per heavy atom. The normalized spacial score (nSPS) is 11.3. The Morgan fingerprint density at radius 3 is 1.85 bits per heavy atom. The second-order valence-corrected chi connectivity index (χ2v) is 6.26. The first-order valence-corrected chi connectivity index (χ1v) is 7.74. The van der Waals surface area contributed by atoms with Crippen LogP contribution in [-0.4, -0.2) is 0 Å². The van der Waals surface area contributed by atoms with E-state index >= 15 is 0 Å². The molecule has 0 bridgehead atoms. The predicted molar refractivity (Wildman–Crippen MR) is 88.5 cm³/mol. The standard InChI is InChI=1S/C20H26/c1-15(2)19-13-12-18(14-20(19)16(3)4)11-10-17-8-6-5-7-9-17/h5-9,12-16H,10-11H2,1-4H3. The van der Waals surface area contributed by atoms with Crippen LogP contribution in [-0.2, 0) is 12.8 Å². The molecule has 106 valence electrons. The molecular formula is C20H26. The van der Waals surface area contributed by atoms with Gasteiger partial charge in [-0.15, -0.1) is 0 Å². The van der Waals surface area contributed by atoms with Crippen LogP contribution in [0.4, 0.5) is 0 Å². The third kappa shape index (κ3) is 3.72. The molecule has 0 spiro atoms. The van der Waals surface area contributed by atoms with Gasteiger partial charge in [-0.1, -0.05) is 76.2 Å². The third-order valence-electron chi connectivity index (χ3n) is 3.94. The lowest BCUT2D eigenvalue weighted by Gasteiger charge is -2.17. The molecule has 2 rings (SSSR count). The van der Waals surface area contributed by atoms with Gasteiger partial charge in [-0.25, -0.2) is 0 Å². The van der Waals surface area contributed by atoms with Crippen molar-refractivity contribution in [1.29, 1.82) is 0 Å². The van der Waals surface area contributed by atoms with Crippen molar-refractivity contribution in [3.8, 4) is 0 Å². The molecule has 0 atom stereocenters. The Balaban J connectivity index is 2.15. The summed E-state index contributed by atoms with van der Waals surface area (Å²) in [6, 6.07) is 17.8. The van der Waals surface area contributed by atoms with Crippen LogP contribution in [0.3, 0.4) is 0 Å². The molecule has 0 fully saturated rings. The maximum atomic E-state index is 2.42. The molecule has 0 aromatic heterocycles. The molecule has 0 aliphatic rings. The molecule has 0 heteroatoms. The fourth-order valence-corrected chi connectivity index (χ4v) is 2.74. The van der Waals surface area contributed by atoms with E-state index < -0.39 is 0 Å². The minimum absolute atomic E-state index is 0.601. The number of hydrogen-bond donors (Lipinski definition) is 0. The lowest BCUT2D eigenvalue weighted by Crippen LogP contribution is -2.01. The van der Waals surface area contributed by atoms with E-state index in [1.807, 2.05) is 0 Å². The summed E-state index contributed by atoms with van der Waals surface area (Å²) in [5.41, 5.74) is 5.91. The molecule has 0 heterocycles. The third-order valence-corrected chi connectivity index (χ3v) is 3.94. The molecule has 0 unspecified atom stereocenters. The van der Waals surface area contributed by atoms with Crippen LogP contribution in [0.2, 0.25) is 0 Å². The molecule has 2 aromatic carbocycles. The monoisotopic (exact) mass is 266 g/mol. The van der Waals surface area contributed by atoms with E-state index in [1.54, 1.807) is 0 Å². The topological polar surface area (TPSA) is 0 Å². The first kappa shape index (κ1) is 14.8. The first-order valence-electron chi connectivity index (χ1n) is 7.74. The van der Waals surface area contributed by atoms with E-state index in [9.17, 15) is 0 Å². The highest BCUT2D eigenvalue weighted by Crippen LogP contribution is 2.27. The largest absolute Gasteiger partial charge is 0.0622 e. The molecule has 0 aliphatic heterocycles. The Morgan fingerprint density at radius 1 is 0.650 bits per heavy atom.